The molecule has 6 heteroatoms. The molecule has 0 spiro atoms. The quantitative estimate of drug-likeness (QED) is 0.344. The van der Waals surface area contributed by atoms with Crippen molar-refractivity contribution in [2.75, 3.05) is 0 Å². The summed E-state index contributed by atoms with van der Waals surface area (Å²) in [5, 5.41) is 10.1. The summed E-state index contributed by atoms with van der Waals surface area (Å²) in [6.45, 7) is 0. The van der Waals surface area contributed by atoms with Crippen LogP contribution >= 0.6 is 34.2 Å². The van der Waals surface area contributed by atoms with Gasteiger partial charge < -0.3 is 0 Å². The van der Waals surface area contributed by atoms with E-state index in [1.807, 2.05) is 22.6 Å². The van der Waals surface area contributed by atoms with E-state index in [-0.39, 0.29) is 10.8 Å². The first kappa shape index (κ1) is 8.66. The lowest BCUT2D eigenvalue weighted by Crippen LogP contribution is -1.91. The normalized spacial score (nSPS) is 9.64. The molecule has 1 heterocycles. The highest BCUT2D eigenvalue weighted by Crippen LogP contribution is 2.21. The molecule has 1 aromatic heterocycles. The Morgan fingerprint density at radius 3 is 2.73 bits per heavy atom. The number of aromatic nitrogens is 1. The Balaban J connectivity index is 3.20. The van der Waals surface area contributed by atoms with E-state index >= 15 is 0 Å². The van der Waals surface area contributed by atoms with E-state index in [1.165, 1.54) is 12.1 Å². The molecular weight excluding hydrogens is 282 g/mol. The summed E-state index contributed by atoms with van der Waals surface area (Å²) in [5.41, 5.74) is -0.160. The fourth-order valence-electron chi connectivity index (χ4n) is 0.541. The molecule has 0 aromatic carbocycles. The molecule has 58 valence electrons. The Labute approximate surface area is 80.9 Å². The van der Waals surface area contributed by atoms with E-state index in [9.17, 15) is 10.1 Å². The fraction of sp³-hybridized carbons (Fsp3) is 0. The second-order valence-corrected chi connectivity index (χ2v) is 3.16. The average molecular weight is 284 g/mol. The molecule has 0 bridgehead atoms. The van der Waals surface area contributed by atoms with Crippen molar-refractivity contribution in [3.8, 4) is 0 Å². The van der Waals surface area contributed by atoms with Crippen molar-refractivity contribution < 1.29 is 4.92 Å². The van der Waals surface area contributed by atoms with E-state index in [4.69, 9.17) is 11.6 Å². The van der Waals surface area contributed by atoms with Crippen LogP contribution in [0.2, 0.25) is 5.15 Å². The third kappa shape index (κ3) is 2.00. The summed E-state index contributed by atoms with van der Waals surface area (Å²) >= 11 is 7.39. The molecule has 1 rings (SSSR count). The molecule has 0 fully saturated rings. The van der Waals surface area contributed by atoms with Crippen molar-refractivity contribution in [3.63, 3.8) is 0 Å². The molecule has 1 aromatic rings. The first-order chi connectivity index (χ1) is 5.11. The molecule has 0 aliphatic heterocycles. The molecule has 0 saturated heterocycles. The van der Waals surface area contributed by atoms with Gasteiger partial charge in [0.15, 0.2) is 0 Å². The Morgan fingerprint density at radius 2 is 2.27 bits per heavy atom. The maximum atomic E-state index is 10.2. The second kappa shape index (κ2) is 3.31. The number of hydrogen-bond acceptors (Lipinski definition) is 3. The van der Waals surface area contributed by atoms with Crippen LogP contribution in [0.25, 0.3) is 0 Å². The summed E-state index contributed by atoms with van der Waals surface area (Å²) in [5.74, 6) is 0. The van der Waals surface area contributed by atoms with E-state index in [1.54, 1.807) is 0 Å². The number of nitrogens with zero attached hydrogens (tertiary/aromatic N) is 2. The largest absolute Gasteiger partial charge is 0.306 e. The number of rotatable bonds is 1. The van der Waals surface area contributed by atoms with Gasteiger partial charge in [0, 0.05) is 6.07 Å². The summed E-state index contributed by atoms with van der Waals surface area (Å²) in [6, 6.07) is 2.86. The highest BCUT2D eigenvalue weighted by atomic mass is 127. The first-order valence-corrected chi connectivity index (χ1v) is 4.03. The van der Waals surface area contributed by atoms with E-state index < -0.39 is 4.92 Å². The molecule has 0 amide bonds. The third-order valence-electron chi connectivity index (χ3n) is 0.992. The van der Waals surface area contributed by atoms with Crippen LogP contribution in [0.1, 0.15) is 0 Å². The van der Waals surface area contributed by atoms with Crippen molar-refractivity contribution in [1.82, 2.24) is 4.98 Å². The smallest absolute Gasteiger partial charge is 0.258 e. The molecule has 0 aliphatic carbocycles. The fourth-order valence-corrected chi connectivity index (χ4v) is 1.33. The number of pyridine rings is 1. The van der Waals surface area contributed by atoms with Crippen molar-refractivity contribution in [1.29, 1.82) is 0 Å². The minimum Gasteiger partial charge on any atom is -0.258 e. The van der Waals surface area contributed by atoms with Crippen LogP contribution in [0.5, 0.6) is 0 Å². The van der Waals surface area contributed by atoms with Crippen LogP contribution < -0.4 is 0 Å². The maximum absolute atomic E-state index is 10.2. The summed E-state index contributed by atoms with van der Waals surface area (Å²) in [6.07, 6.45) is 0. The minimum atomic E-state index is -0.564. The lowest BCUT2D eigenvalue weighted by Gasteiger charge is -1.93. The molecule has 0 unspecified atom stereocenters. The van der Waals surface area contributed by atoms with Crippen molar-refractivity contribution in [2.45, 2.75) is 0 Å². The van der Waals surface area contributed by atoms with E-state index in [0.717, 1.165) is 0 Å². The predicted octanol–water partition coefficient (Wildman–Crippen LogP) is 2.25. The van der Waals surface area contributed by atoms with E-state index in [0.29, 0.717) is 3.70 Å². The van der Waals surface area contributed by atoms with Gasteiger partial charge in [-0.2, -0.15) is 0 Å². The van der Waals surface area contributed by atoms with Gasteiger partial charge in [-0.3, -0.25) is 10.1 Å². The topological polar surface area (TPSA) is 56.0 Å². The van der Waals surface area contributed by atoms with Crippen molar-refractivity contribution in [2.24, 2.45) is 0 Å². The molecule has 0 aliphatic rings. The molecule has 0 atom stereocenters. The number of halogens is 2. The standard InChI is InChI=1S/C5H2ClIN2O2/c6-5-3(9(10)11)1-2-4(7)8-5/h1-2H. The molecule has 11 heavy (non-hydrogen) atoms. The SMILES string of the molecule is O=[N+]([O-])c1ccc(I)nc1Cl. The Hall–Kier alpha value is -0.430. The number of nitro groups is 1. The summed E-state index contributed by atoms with van der Waals surface area (Å²) in [4.78, 5) is 13.4. The maximum Gasteiger partial charge on any atom is 0.306 e. The number of hydrogen-bond donors (Lipinski definition) is 0. The first-order valence-electron chi connectivity index (χ1n) is 2.57. The highest BCUT2D eigenvalue weighted by Gasteiger charge is 2.12. The van der Waals surface area contributed by atoms with Crippen LogP contribution in [-0.2, 0) is 0 Å². The van der Waals surface area contributed by atoms with Crippen LogP contribution in [0.3, 0.4) is 0 Å². The average Bonchev–Trinajstić information content (AvgIpc) is 1.85. The Bertz CT molecular complexity index is 305. The Morgan fingerprint density at radius 1 is 1.64 bits per heavy atom. The third-order valence-corrected chi connectivity index (χ3v) is 1.87. The van der Waals surface area contributed by atoms with Crippen LogP contribution in [0, 0.1) is 13.8 Å². The highest BCUT2D eigenvalue weighted by molar-refractivity contribution is 14.1. The van der Waals surface area contributed by atoms with Gasteiger partial charge in [-0.25, -0.2) is 4.98 Å². The van der Waals surface area contributed by atoms with Gasteiger partial charge >= 0.3 is 5.69 Å². The monoisotopic (exact) mass is 284 g/mol. The van der Waals surface area contributed by atoms with Gasteiger partial charge in [-0.15, -0.1) is 0 Å². The van der Waals surface area contributed by atoms with Gasteiger partial charge in [0.2, 0.25) is 5.15 Å². The van der Waals surface area contributed by atoms with E-state index in [2.05, 4.69) is 4.98 Å². The summed E-state index contributed by atoms with van der Waals surface area (Å²) < 4.78 is 0.637. The van der Waals surface area contributed by atoms with Gasteiger partial charge in [0.1, 0.15) is 3.70 Å². The molecule has 0 radical (unpaired) electrons. The van der Waals surface area contributed by atoms with Gasteiger partial charge in [0.25, 0.3) is 0 Å². The van der Waals surface area contributed by atoms with Gasteiger partial charge in [0.05, 0.1) is 4.92 Å². The lowest BCUT2D eigenvalue weighted by molar-refractivity contribution is -0.385. The van der Waals surface area contributed by atoms with Crippen LogP contribution in [0.15, 0.2) is 12.1 Å². The van der Waals surface area contributed by atoms with Crippen LogP contribution in [0.4, 0.5) is 5.69 Å². The predicted molar refractivity (Wildman–Crippen MR) is 48.6 cm³/mol. The van der Waals surface area contributed by atoms with Gasteiger partial charge in [-0.05, 0) is 28.7 Å². The summed E-state index contributed by atoms with van der Waals surface area (Å²) in [7, 11) is 0. The zero-order chi connectivity index (χ0) is 8.43. The molecule has 0 N–H and O–H groups in total. The minimum absolute atomic E-state index is 0.0677. The second-order valence-electron chi connectivity index (χ2n) is 1.70. The zero-order valence-electron chi connectivity index (χ0n) is 5.12. The van der Waals surface area contributed by atoms with Crippen LogP contribution in [-0.4, -0.2) is 9.91 Å². The Kier molecular flexibility index (Phi) is 2.61. The lowest BCUT2D eigenvalue weighted by atomic mass is 10.4. The van der Waals surface area contributed by atoms with Gasteiger partial charge in [-0.1, -0.05) is 11.6 Å². The zero-order valence-corrected chi connectivity index (χ0v) is 8.03. The molecule has 0 saturated carbocycles. The molecule has 4 nitrogen and oxygen atoms in total. The van der Waals surface area contributed by atoms with Crippen molar-refractivity contribution >= 4 is 39.9 Å². The molecular formula is C5H2ClIN2O2. The van der Waals surface area contributed by atoms with Crippen molar-refractivity contribution in [3.05, 3.63) is 31.1 Å².